The first-order chi connectivity index (χ1) is 11.1. The molecule has 0 aromatic heterocycles. The summed E-state index contributed by atoms with van der Waals surface area (Å²) in [6, 6.07) is 8.31. The topological polar surface area (TPSA) is 32.8 Å². The maximum absolute atomic E-state index is 12.8. The first-order valence-electron chi connectivity index (χ1n) is 8.89. The van der Waals surface area contributed by atoms with E-state index in [1.807, 2.05) is 26.0 Å². The maximum atomic E-state index is 12.8. The average molecular weight is 316 g/mol. The Bertz CT molecular complexity index is 533. The molecule has 23 heavy (non-hydrogen) atoms. The van der Waals surface area contributed by atoms with Crippen molar-refractivity contribution < 1.29 is 9.53 Å². The Kier molecular flexibility index (Phi) is 4.90. The summed E-state index contributed by atoms with van der Waals surface area (Å²) in [6.45, 7) is 9.42. The minimum atomic E-state index is -0.206. The highest BCUT2D eigenvalue weighted by Gasteiger charge is 2.37. The largest absolute Gasteiger partial charge is 0.444 e. The van der Waals surface area contributed by atoms with Crippen LogP contribution >= 0.6 is 0 Å². The smallest absolute Gasteiger partial charge is 0.414 e. The molecule has 3 heterocycles. The fourth-order valence-electron chi connectivity index (χ4n) is 3.74. The maximum Gasteiger partial charge on any atom is 0.414 e. The molecule has 0 aliphatic carbocycles. The van der Waals surface area contributed by atoms with Gasteiger partial charge in [-0.15, -0.1) is 0 Å². The molecule has 3 fully saturated rings. The molecule has 2 bridgehead atoms. The summed E-state index contributed by atoms with van der Waals surface area (Å²) >= 11 is 0. The standard InChI is InChI=1S/C19H28N2O2/c1-4-15-5-7-17(8-6-15)21(14(2)3)19(22)23-18-13-20-11-9-16(18)10-12-20/h5-8,14,16,18H,4,9-13H2,1-3H3. The van der Waals surface area contributed by atoms with Gasteiger partial charge in [0.1, 0.15) is 6.10 Å². The van der Waals surface area contributed by atoms with Crippen LogP contribution in [0.4, 0.5) is 10.5 Å². The van der Waals surface area contributed by atoms with Crippen LogP contribution in [0.25, 0.3) is 0 Å². The Morgan fingerprint density at radius 3 is 2.39 bits per heavy atom. The van der Waals surface area contributed by atoms with Gasteiger partial charge in [0, 0.05) is 18.3 Å². The van der Waals surface area contributed by atoms with E-state index in [1.165, 1.54) is 5.56 Å². The van der Waals surface area contributed by atoms with Crippen molar-refractivity contribution >= 4 is 11.8 Å². The van der Waals surface area contributed by atoms with Gasteiger partial charge in [-0.05, 0) is 69.8 Å². The van der Waals surface area contributed by atoms with Gasteiger partial charge in [0.05, 0.1) is 0 Å². The molecule has 0 spiro atoms. The van der Waals surface area contributed by atoms with Crippen LogP contribution in [0.5, 0.6) is 0 Å². The predicted octanol–water partition coefficient (Wildman–Crippen LogP) is 3.69. The molecule has 0 saturated carbocycles. The van der Waals surface area contributed by atoms with Gasteiger partial charge in [0.2, 0.25) is 0 Å². The fraction of sp³-hybridized carbons (Fsp3) is 0.632. The van der Waals surface area contributed by atoms with Crippen molar-refractivity contribution in [3.05, 3.63) is 29.8 Å². The van der Waals surface area contributed by atoms with Crippen LogP contribution in [0, 0.1) is 5.92 Å². The second kappa shape index (κ2) is 6.91. The number of aryl methyl sites for hydroxylation is 1. The van der Waals surface area contributed by atoms with Crippen molar-refractivity contribution in [3.63, 3.8) is 0 Å². The van der Waals surface area contributed by atoms with E-state index in [9.17, 15) is 4.79 Å². The summed E-state index contributed by atoms with van der Waals surface area (Å²) in [6.07, 6.45) is 3.17. The summed E-state index contributed by atoms with van der Waals surface area (Å²) < 4.78 is 5.91. The molecular weight excluding hydrogens is 288 g/mol. The van der Waals surface area contributed by atoms with Crippen molar-refractivity contribution in [2.75, 3.05) is 24.5 Å². The Balaban J connectivity index is 1.71. The molecule has 126 valence electrons. The molecule has 0 N–H and O–H groups in total. The van der Waals surface area contributed by atoms with Crippen molar-refractivity contribution in [1.29, 1.82) is 0 Å². The molecule has 3 aliphatic heterocycles. The van der Waals surface area contributed by atoms with Crippen LogP contribution in [0.1, 0.15) is 39.2 Å². The number of carbonyl (C=O) groups excluding carboxylic acids is 1. The van der Waals surface area contributed by atoms with Gasteiger partial charge < -0.3 is 4.74 Å². The Labute approximate surface area is 139 Å². The minimum absolute atomic E-state index is 0.0566. The molecule has 3 aliphatic rings. The van der Waals surface area contributed by atoms with E-state index in [1.54, 1.807) is 4.90 Å². The molecule has 1 aromatic rings. The van der Waals surface area contributed by atoms with Gasteiger partial charge in [-0.3, -0.25) is 9.80 Å². The zero-order valence-corrected chi connectivity index (χ0v) is 14.5. The van der Waals surface area contributed by atoms with Crippen molar-refractivity contribution in [3.8, 4) is 0 Å². The van der Waals surface area contributed by atoms with E-state index in [-0.39, 0.29) is 18.2 Å². The summed E-state index contributed by atoms with van der Waals surface area (Å²) in [5, 5.41) is 0. The molecule has 1 atom stereocenters. The number of fused-ring (bicyclic) bond motifs is 3. The number of hydrogen-bond acceptors (Lipinski definition) is 3. The van der Waals surface area contributed by atoms with Crippen LogP contribution in [-0.4, -0.2) is 42.8 Å². The number of amides is 1. The van der Waals surface area contributed by atoms with E-state index in [0.717, 1.165) is 44.6 Å². The number of rotatable bonds is 4. The molecular formula is C19H28N2O2. The van der Waals surface area contributed by atoms with Crippen molar-refractivity contribution in [1.82, 2.24) is 4.90 Å². The van der Waals surface area contributed by atoms with Gasteiger partial charge in [-0.2, -0.15) is 0 Å². The van der Waals surface area contributed by atoms with E-state index in [2.05, 4.69) is 24.0 Å². The minimum Gasteiger partial charge on any atom is -0.444 e. The van der Waals surface area contributed by atoms with Crippen LogP contribution in [0.3, 0.4) is 0 Å². The summed E-state index contributed by atoms with van der Waals surface area (Å²) in [4.78, 5) is 17.0. The van der Waals surface area contributed by atoms with E-state index < -0.39 is 0 Å². The SMILES string of the molecule is CCc1ccc(N(C(=O)OC2CN3CCC2CC3)C(C)C)cc1. The lowest BCUT2D eigenvalue weighted by Gasteiger charge is -2.44. The van der Waals surface area contributed by atoms with Gasteiger partial charge in [-0.25, -0.2) is 4.79 Å². The highest BCUT2D eigenvalue weighted by Crippen LogP contribution is 2.30. The van der Waals surface area contributed by atoms with E-state index in [4.69, 9.17) is 4.74 Å². The van der Waals surface area contributed by atoms with Crippen molar-refractivity contribution in [2.45, 2.75) is 52.2 Å². The molecule has 3 saturated heterocycles. The third kappa shape index (κ3) is 3.52. The number of ether oxygens (including phenoxy) is 1. The van der Waals surface area contributed by atoms with Gasteiger partial charge >= 0.3 is 6.09 Å². The fourth-order valence-corrected chi connectivity index (χ4v) is 3.74. The zero-order valence-electron chi connectivity index (χ0n) is 14.5. The number of hydrogen-bond donors (Lipinski definition) is 0. The lowest BCUT2D eigenvalue weighted by atomic mass is 9.86. The third-order valence-electron chi connectivity index (χ3n) is 5.18. The van der Waals surface area contributed by atoms with Crippen LogP contribution in [0.15, 0.2) is 24.3 Å². The normalized spacial score (nSPS) is 26.3. The number of nitrogens with zero attached hydrogens (tertiary/aromatic N) is 2. The first-order valence-corrected chi connectivity index (χ1v) is 8.89. The highest BCUT2D eigenvalue weighted by molar-refractivity contribution is 5.88. The first kappa shape index (κ1) is 16.3. The Morgan fingerprint density at radius 2 is 1.91 bits per heavy atom. The van der Waals surface area contributed by atoms with Crippen LogP contribution < -0.4 is 4.90 Å². The lowest BCUT2D eigenvalue weighted by molar-refractivity contribution is -0.0313. The predicted molar refractivity (Wildman–Crippen MR) is 92.9 cm³/mol. The number of carbonyl (C=O) groups is 1. The Hall–Kier alpha value is -1.55. The number of benzene rings is 1. The zero-order chi connectivity index (χ0) is 16.4. The van der Waals surface area contributed by atoms with Crippen molar-refractivity contribution in [2.24, 2.45) is 5.92 Å². The van der Waals surface area contributed by atoms with Crippen LogP contribution in [0.2, 0.25) is 0 Å². The quantitative estimate of drug-likeness (QED) is 0.849. The molecule has 1 unspecified atom stereocenters. The van der Waals surface area contributed by atoms with Gasteiger partial charge in [-0.1, -0.05) is 19.1 Å². The highest BCUT2D eigenvalue weighted by atomic mass is 16.6. The second-order valence-corrected chi connectivity index (χ2v) is 7.04. The van der Waals surface area contributed by atoms with Crippen LogP contribution in [-0.2, 0) is 11.2 Å². The second-order valence-electron chi connectivity index (χ2n) is 7.04. The van der Waals surface area contributed by atoms with E-state index in [0.29, 0.717) is 5.92 Å². The molecule has 0 radical (unpaired) electrons. The lowest BCUT2D eigenvalue weighted by Crippen LogP contribution is -2.53. The van der Waals surface area contributed by atoms with E-state index >= 15 is 0 Å². The molecule has 1 aromatic carbocycles. The summed E-state index contributed by atoms with van der Waals surface area (Å²) in [5.74, 6) is 0.542. The van der Waals surface area contributed by atoms with Gasteiger partial charge in [0.15, 0.2) is 0 Å². The summed E-state index contributed by atoms with van der Waals surface area (Å²) in [7, 11) is 0. The Morgan fingerprint density at radius 1 is 1.26 bits per heavy atom. The molecule has 4 rings (SSSR count). The average Bonchev–Trinajstić information content (AvgIpc) is 2.56. The van der Waals surface area contributed by atoms with Gasteiger partial charge in [0.25, 0.3) is 0 Å². The summed E-state index contributed by atoms with van der Waals surface area (Å²) in [5.41, 5.74) is 2.20. The molecule has 4 heteroatoms. The number of piperidine rings is 3. The monoisotopic (exact) mass is 316 g/mol. The molecule has 1 amide bonds. The number of anilines is 1. The third-order valence-corrected chi connectivity index (χ3v) is 5.18. The molecule has 4 nitrogen and oxygen atoms in total.